The van der Waals surface area contributed by atoms with Gasteiger partial charge in [-0.15, -0.1) is 0 Å². The van der Waals surface area contributed by atoms with Crippen LogP contribution in [0.2, 0.25) is 0 Å². The maximum Gasteiger partial charge on any atom is 0.132 e. The fourth-order valence-corrected chi connectivity index (χ4v) is 1.33. The molecule has 1 aliphatic rings. The van der Waals surface area contributed by atoms with Gasteiger partial charge in [-0.05, 0) is 18.8 Å². The van der Waals surface area contributed by atoms with Gasteiger partial charge in [0.15, 0.2) is 0 Å². The molecule has 0 atom stereocenters. The summed E-state index contributed by atoms with van der Waals surface area (Å²) in [7, 11) is 1.51. The van der Waals surface area contributed by atoms with Crippen LogP contribution in [0.1, 0.15) is 25.7 Å². The lowest BCUT2D eigenvalue weighted by Gasteiger charge is -2.19. The van der Waals surface area contributed by atoms with Gasteiger partial charge in [-0.1, -0.05) is 0 Å². The first-order valence-corrected chi connectivity index (χ1v) is 4.00. The molecular weight excluding hydrogens is 144 g/mol. The summed E-state index contributed by atoms with van der Waals surface area (Å²) in [6, 6.07) is 0. The lowest BCUT2D eigenvalue weighted by Crippen LogP contribution is -2.18. The van der Waals surface area contributed by atoms with E-state index < -0.39 is 0 Å². The van der Waals surface area contributed by atoms with Crippen molar-refractivity contribution in [3.63, 3.8) is 0 Å². The maximum absolute atomic E-state index is 10.8. The summed E-state index contributed by atoms with van der Waals surface area (Å²) < 4.78 is 0. The Kier molecular flexibility index (Phi) is 3.52. The average Bonchev–Trinajstić information content (AvgIpc) is 2.04. The smallest absolute Gasteiger partial charge is 0.132 e. The van der Waals surface area contributed by atoms with Crippen molar-refractivity contribution in [2.45, 2.75) is 25.7 Å². The van der Waals surface area contributed by atoms with E-state index in [-0.39, 0.29) is 0 Å². The Morgan fingerprint density at radius 2 is 2.09 bits per heavy atom. The van der Waals surface area contributed by atoms with Crippen molar-refractivity contribution in [2.75, 3.05) is 13.7 Å². The Bertz CT molecular complexity index is 123. The molecule has 0 spiro atoms. The van der Waals surface area contributed by atoms with Gasteiger partial charge >= 0.3 is 0 Å². The molecule has 0 aliphatic heterocycles. The Labute approximate surface area is 66.6 Å². The summed E-state index contributed by atoms with van der Waals surface area (Å²) in [4.78, 5) is 20.1. The van der Waals surface area contributed by atoms with Gasteiger partial charge in [0, 0.05) is 12.8 Å². The van der Waals surface area contributed by atoms with Crippen LogP contribution in [0, 0.1) is 5.92 Å². The molecular formula is C8H14O3. The van der Waals surface area contributed by atoms with E-state index in [1.165, 1.54) is 7.11 Å². The minimum absolute atomic E-state index is 0.388. The normalized spacial score (nSPS) is 20.6. The van der Waals surface area contributed by atoms with Crippen LogP contribution in [0.3, 0.4) is 0 Å². The molecule has 11 heavy (non-hydrogen) atoms. The van der Waals surface area contributed by atoms with E-state index >= 15 is 0 Å². The second kappa shape index (κ2) is 4.46. The minimum Gasteiger partial charge on any atom is -0.300 e. The van der Waals surface area contributed by atoms with Crippen LogP contribution in [0.25, 0.3) is 0 Å². The van der Waals surface area contributed by atoms with Crippen LogP contribution in [-0.4, -0.2) is 19.5 Å². The molecule has 0 aromatic carbocycles. The second-order valence-electron chi connectivity index (χ2n) is 2.93. The predicted octanol–water partition coefficient (Wildman–Crippen LogP) is 1.32. The van der Waals surface area contributed by atoms with Crippen molar-refractivity contribution in [3.8, 4) is 0 Å². The van der Waals surface area contributed by atoms with Crippen molar-refractivity contribution < 1.29 is 14.6 Å². The molecule has 1 saturated carbocycles. The zero-order valence-electron chi connectivity index (χ0n) is 6.84. The van der Waals surface area contributed by atoms with Crippen LogP contribution in [0.5, 0.6) is 0 Å². The van der Waals surface area contributed by atoms with Crippen LogP contribution in [0.15, 0.2) is 0 Å². The van der Waals surface area contributed by atoms with Crippen molar-refractivity contribution in [1.29, 1.82) is 0 Å². The van der Waals surface area contributed by atoms with Crippen molar-refractivity contribution in [2.24, 2.45) is 5.92 Å². The summed E-state index contributed by atoms with van der Waals surface area (Å²) in [5.74, 6) is 0.909. The third-order valence-electron chi connectivity index (χ3n) is 2.08. The van der Waals surface area contributed by atoms with Crippen LogP contribution in [-0.2, 0) is 14.6 Å². The number of carbonyl (C=O) groups excluding carboxylic acids is 1. The summed E-state index contributed by atoms with van der Waals surface area (Å²) in [6.07, 6.45) is 3.36. The highest BCUT2D eigenvalue weighted by molar-refractivity contribution is 5.78. The third-order valence-corrected chi connectivity index (χ3v) is 2.08. The van der Waals surface area contributed by atoms with Gasteiger partial charge < -0.3 is 0 Å². The monoisotopic (exact) mass is 158 g/mol. The number of hydrogen-bond donors (Lipinski definition) is 0. The molecule has 0 unspecified atom stereocenters. The molecule has 0 radical (unpaired) electrons. The molecule has 0 aromatic rings. The number of hydrogen-bond acceptors (Lipinski definition) is 3. The number of rotatable bonds is 3. The van der Waals surface area contributed by atoms with E-state index in [9.17, 15) is 4.79 Å². The molecule has 0 N–H and O–H groups in total. The fourth-order valence-electron chi connectivity index (χ4n) is 1.33. The summed E-state index contributed by atoms with van der Waals surface area (Å²) in [6.45, 7) is 0.629. The van der Waals surface area contributed by atoms with Crippen LogP contribution in [0.4, 0.5) is 0 Å². The van der Waals surface area contributed by atoms with Gasteiger partial charge in [-0.25, -0.2) is 9.78 Å². The zero-order chi connectivity index (χ0) is 8.10. The van der Waals surface area contributed by atoms with E-state index in [4.69, 9.17) is 4.89 Å². The van der Waals surface area contributed by atoms with Gasteiger partial charge in [-0.2, -0.15) is 0 Å². The van der Waals surface area contributed by atoms with Gasteiger partial charge in [0.2, 0.25) is 0 Å². The first-order chi connectivity index (χ1) is 5.33. The molecule has 0 bridgehead atoms. The van der Waals surface area contributed by atoms with Crippen LogP contribution < -0.4 is 0 Å². The Balaban J connectivity index is 2.12. The van der Waals surface area contributed by atoms with E-state index in [2.05, 4.69) is 4.89 Å². The highest BCUT2D eigenvalue weighted by Crippen LogP contribution is 2.21. The van der Waals surface area contributed by atoms with Gasteiger partial charge in [0.25, 0.3) is 0 Å². The number of carbonyl (C=O) groups is 1. The topological polar surface area (TPSA) is 35.5 Å². The molecule has 0 aromatic heterocycles. The molecule has 1 rings (SSSR count). The van der Waals surface area contributed by atoms with E-state index in [0.717, 1.165) is 25.7 Å². The van der Waals surface area contributed by atoms with Crippen molar-refractivity contribution in [1.82, 2.24) is 0 Å². The molecule has 1 fully saturated rings. The second-order valence-corrected chi connectivity index (χ2v) is 2.93. The Morgan fingerprint density at radius 1 is 1.45 bits per heavy atom. The van der Waals surface area contributed by atoms with Gasteiger partial charge in [0.05, 0.1) is 13.7 Å². The minimum atomic E-state index is 0.388. The first kappa shape index (κ1) is 8.68. The van der Waals surface area contributed by atoms with E-state index in [1.807, 2.05) is 0 Å². The zero-order valence-corrected chi connectivity index (χ0v) is 6.84. The third kappa shape index (κ3) is 2.99. The maximum atomic E-state index is 10.8. The predicted molar refractivity (Wildman–Crippen MR) is 39.9 cm³/mol. The average molecular weight is 158 g/mol. The fraction of sp³-hybridized carbons (Fsp3) is 0.875. The van der Waals surface area contributed by atoms with Crippen LogP contribution >= 0.6 is 0 Å². The standard InChI is InChI=1S/C8H14O3/c1-10-11-6-7-2-4-8(9)5-3-7/h7H,2-6H2,1H3. The summed E-state index contributed by atoms with van der Waals surface area (Å²) >= 11 is 0. The SMILES string of the molecule is COOCC1CCC(=O)CC1. The number of Topliss-reactive ketones (excluding diaryl/α,β-unsaturated/α-hetero) is 1. The highest BCUT2D eigenvalue weighted by atomic mass is 17.2. The van der Waals surface area contributed by atoms with E-state index in [0.29, 0.717) is 18.3 Å². The number of ketones is 1. The molecule has 3 nitrogen and oxygen atoms in total. The lowest BCUT2D eigenvalue weighted by molar-refractivity contribution is -0.280. The molecule has 0 heterocycles. The van der Waals surface area contributed by atoms with Gasteiger partial charge in [0.1, 0.15) is 5.78 Å². The Morgan fingerprint density at radius 3 is 2.64 bits per heavy atom. The summed E-state index contributed by atoms with van der Waals surface area (Å²) in [5, 5.41) is 0. The highest BCUT2D eigenvalue weighted by Gasteiger charge is 2.18. The Hall–Kier alpha value is -0.410. The lowest BCUT2D eigenvalue weighted by atomic mass is 9.89. The molecule has 64 valence electrons. The van der Waals surface area contributed by atoms with Crippen molar-refractivity contribution >= 4 is 5.78 Å². The van der Waals surface area contributed by atoms with Crippen molar-refractivity contribution in [3.05, 3.63) is 0 Å². The first-order valence-electron chi connectivity index (χ1n) is 4.00. The quantitative estimate of drug-likeness (QED) is 0.459. The summed E-state index contributed by atoms with van der Waals surface area (Å²) in [5.41, 5.74) is 0. The van der Waals surface area contributed by atoms with E-state index in [1.54, 1.807) is 0 Å². The largest absolute Gasteiger partial charge is 0.300 e. The van der Waals surface area contributed by atoms with Gasteiger partial charge in [-0.3, -0.25) is 4.79 Å². The molecule has 0 saturated heterocycles. The molecule has 1 aliphatic carbocycles. The molecule has 3 heteroatoms. The molecule has 0 amide bonds.